The quantitative estimate of drug-likeness (QED) is 0.694. The number of rotatable bonds is 5. The van der Waals surface area contributed by atoms with E-state index in [0.717, 1.165) is 16.3 Å². The second-order valence-corrected chi connectivity index (χ2v) is 5.12. The molecule has 0 bridgehead atoms. The van der Waals surface area contributed by atoms with Crippen LogP contribution in [0.15, 0.2) is 71.9 Å². The Kier molecular flexibility index (Phi) is 4.56. The van der Waals surface area contributed by atoms with Crippen LogP contribution in [0.2, 0.25) is 0 Å². The van der Waals surface area contributed by atoms with E-state index in [-0.39, 0.29) is 0 Å². The Bertz CT molecular complexity index is 750. The first-order valence-corrected chi connectivity index (χ1v) is 7.32. The van der Waals surface area contributed by atoms with Gasteiger partial charge in [0, 0.05) is 23.7 Å². The van der Waals surface area contributed by atoms with Crippen molar-refractivity contribution in [1.82, 2.24) is 9.97 Å². The number of hydrogen-bond acceptors (Lipinski definition) is 5. The van der Waals surface area contributed by atoms with Gasteiger partial charge in [-0.3, -0.25) is 4.98 Å². The van der Waals surface area contributed by atoms with Gasteiger partial charge in [0.05, 0.1) is 6.20 Å². The number of ether oxygens (including phenoxy) is 1. The van der Waals surface area contributed by atoms with Gasteiger partial charge in [0.25, 0.3) is 0 Å². The van der Waals surface area contributed by atoms with Gasteiger partial charge in [0.2, 0.25) is 5.88 Å². The topological polar surface area (TPSA) is 47.0 Å². The lowest BCUT2D eigenvalue weighted by Gasteiger charge is -2.09. The normalized spacial score (nSPS) is 10.2. The molecule has 0 spiro atoms. The summed E-state index contributed by atoms with van der Waals surface area (Å²) in [6.07, 6.45) is 3.35. The second-order valence-electron chi connectivity index (χ2n) is 4.63. The van der Waals surface area contributed by atoms with Gasteiger partial charge in [0.15, 0.2) is 0 Å². The zero-order valence-electron chi connectivity index (χ0n) is 11.8. The molecule has 0 saturated carbocycles. The highest BCUT2D eigenvalue weighted by molar-refractivity contribution is 7.80. The number of pyridine rings is 2. The molecule has 110 valence electrons. The highest BCUT2D eigenvalue weighted by Gasteiger charge is 2.02. The van der Waals surface area contributed by atoms with Crippen LogP contribution in [0.25, 0.3) is 0 Å². The summed E-state index contributed by atoms with van der Waals surface area (Å²) in [4.78, 5) is 9.40. The third-order valence-electron chi connectivity index (χ3n) is 3.03. The van der Waals surface area contributed by atoms with Crippen LogP contribution in [0.1, 0.15) is 5.56 Å². The number of benzene rings is 1. The van der Waals surface area contributed by atoms with E-state index in [1.165, 1.54) is 0 Å². The third-order valence-corrected chi connectivity index (χ3v) is 3.47. The molecule has 0 atom stereocenters. The highest BCUT2D eigenvalue weighted by atomic mass is 32.1. The van der Waals surface area contributed by atoms with E-state index in [0.29, 0.717) is 18.2 Å². The van der Waals surface area contributed by atoms with Crippen molar-refractivity contribution in [3.05, 3.63) is 72.6 Å². The van der Waals surface area contributed by atoms with E-state index in [4.69, 9.17) is 4.74 Å². The maximum atomic E-state index is 5.67. The van der Waals surface area contributed by atoms with Crippen LogP contribution in [0.3, 0.4) is 0 Å². The summed E-state index contributed by atoms with van der Waals surface area (Å²) in [7, 11) is 0. The fraction of sp³-hybridized carbons (Fsp3) is 0.0588. The predicted octanol–water partition coefficient (Wildman–Crippen LogP) is 4.17. The van der Waals surface area contributed by atoms with Crippen LogP contribution in [0.5, 0.6) is 11.6 Å². The predicted molar refractivity (Wildman–Crippen MR) is 89.6 cm³/mol. The Hall–Kier alpha value is -2.53. The molecule has 5 heteroatoms. The number of aromatic nitrogens is 2. The Morgan fingerprint density at radius 3 is 2.73 bits per heavy atom. The molecule has 0 radical (unpaired) electrons. The average molecular weight is 309 g/mol. The average Bonchev–Trinajstić information content (AvgIpc) is 2.55. The lowest BCUT2D eigenvalue weighted by Crippen LogP contribution is -2.02. The maximum Gasteiger partial charge on any atom is 0.221 e. The van der Waals surface area contributed by atoms with Crippen LogP contribution >= 0.6 is 12.6 Å². The smallest absolute Gasteiger partial charge is 0.221 e. The molecule has 1 aromatic carbocycles. The number of nitrogens with one attached hydrogen (secondary N) is 1. The SMILES string of the molecule is Sc1ccccc1CNc1cccc(Oc2cccnc2)n1. The van der Waals surface area contributed by atoms with Crippen LogP contribution in [-0.2, 0) is 6.54 Å². The molecule has 0 aliphatic heterocycles. The number of hydrogen-bond donors (Lipinski definition) is 2. The maximum absolute atomic E-state index is 5.67. The largest absolute Gasteiger partial charge is 0.437 e. The molecular formula is C17H15N3OS. The molecule has 3 aromatic rings. The van der Waals surface area contributed by atoms with Crippen molar-refractivity contribution < 1.29 is 4.74 Å². The minimum Gasteiger partial charge on any atom is -0.437 e. The summed E-state index contributed by atoms with van der Waals surface area (Å²) < 4.78 is 5.67. The van der Waals surface area contributed by atoms with E-state index in [1.54, 1.807) is 12.4 Å². The fourth-order valence-corrected chi connectivity index (χ4v) is 2.18. The molecule has 0 aliphatic carbocycles. The van der Waals surface area contributed by atoms with Gasteiger partial charge in [-0.05, 0) is 29.8 Å². The number of nitrogens with zero attached hydrogens (tertiary/aromatic N) is 2. The highest BCUT2D eigenvalue weighted by Crippen LogP contribution is 2.20. The molecule has 4 nitrogen and oxygen atoms in total. The van der Waals surface area contributed by atoms with Gasteiger partial charge in [-0.2, -0.15) is 4.98 Å². The van der Waals surface area contributed by atoms with E-state index in [2.05, 4.69) is 27.9 Å². The molecule has 0 unspecified atom stereocenters. The van der Waals surface area contributed by atoms with Crippen LogP contribution in [0, 0.1) is 0 Å². The van der Waals surface area contributed by atoms with Gasteiger partial charge in [0.1, 0.15) is 11.6 Å². The molecule has 22 heavy (non-hydrogen) atoms. The van der Waals surface area contributed by atoms with Gasteiger partial charge in [-0.1, -0.05) is 24.3 Å². The molecule has 0 aliphatic rings. The minimum atomic E-state index is 0.525. The standard InChI is InChI=1S/C17H15N3OS/c22-15-7-2-1-5-13(15)11-19-16-8-3-9-17(20-16)21-14-6-4-10-18-12-14/h1-10,12,22H,11H2,(H,19,20). The van der Waals surface area contributed by atoms with E-state index in [1.807, 2.05) is 54.6 Å². The van der Waals surface area contributed by atoms with E-state index in [9.17, 15) is 0 Å². The molecule has 3 rings (SSSR count). The zero-order chi connectivity index (χ0) is 15.2. The van der Waals surface area contributed by atoms with Crippen molar-refractivity contribution in [2.45, 2.75) is 11.4 Å². The lowest BCUT2D eigenvalue weighted by atomic mass is 10.2. The van der Waals surface area contributed by atoms with Crippen LogP contribution in [0.4, 0.5) is 5.82 Å². The summed E-state index contributed by atoms with van der Waals surface area (Å²) in [6.45, 7) is 0.656. The summed E-state index contributed by atoms with van der Waals surface area (Å²) in [6, 6.07) is 17.2. The first-order valence-electron chi connectivity index (χ1n) is 6.87. The van der Waals surface area contributed by atoms with Crippen molar-refractivity contribution in [2.75, 3.05) is 5.32 Å². The molecule has 1 N–H and O–H groups in total. The third kappa shape index (κ3) is 3.77. The molecule has 0 saturated heterocycles. The first-order chi connectivity index (χ1) is 10.8. The molecule has 2 aromatic heterocycles. The van der Waals surface area contributed by atoms with Crippen molar-refractivity contribution in [1.29, 1.82) is 0 Å². The summed E-state index contributed by atoms with van der Waals surface area (Å²) in [5.74, 6) is 1.93. The zero-order valence-corrected chi connectivity index (χ0v) is 12.7. The Balaban J connectivity index is 1.68. The van der Waals surface area contributed by atoms with Crippen molar-refractivity contribution >= 4 is 18.4 Å². The van der Waals surface area contributed by atoms with E-state index >= 15 is 0 Å². The number of thiol groups is 1. The monoisotopic (exact) mass is 309 g/mol. The summed E-state index contributed by atoms with van der Waals surface area (Å²) >= 11 is 4.44. The van der Waals surface area contributed by atoms with Crippen molar-refractivity contribution in [3.63, 3.8) is 0 Å². The molecular weight excluding hydrogens is 294 g/mol. The van der Waals surface area contributed by atoms with Crippen LogP contribution < -0.4 is 10.1 Å². The van der Waals surface area contributed by atoms with Gasteiger partial charge in [-0.15, -0.1) is 12.6 Å². The van der Waals surface area contributed by atoms with Gasteiger partial charge >= 0.3 is 0 Å². The van der Waals surface area contributed by atoms with E-state index < -0.39 is 0 Å². The van der Waals surface area contributed by atoms with Crippen molar-refractivity contribution in [2.24, 2.45) is 0 Å². The fourth-order valence-electron chi connectivity index (χ4n) is 1.94. The first kappa shape index (κ1) is 14.4. The summed E-state index contributed by atoms with van der Waals surface area (Å²) in [5, 5.41) is 3.27. The molecule has 0 fully saturated rings. The number of anilines is 1. The Morgan fingerprint density at radius 1 is 1.00 bits per heavy atom. The Labute approximate surface area is 134 Å². The lowest BCUT2D eigenvalue weighted by molar-refractivity contribution is 0.461. The van der Waals surface area contributed by atoms with Gasteiger partial charge < -0.3 is 10.1 Å². The van der Waals surface area contributed by atoms with Crippen molar-refractivity contribution in [3.8, 4) is 11.6 Å². The minimum absolute atomic E-state index is 0.525. The van der Waals surface area contributed by atoms with Crippen LogP contribution in [-0.4, -0.2) is 9.97 Å². The Morgan fingerprint density at radius 2 is 1.91 bits per heavy atom. The molecule has 0 amide bonds. The molecule has 2 heterocycles. The summed E-state index contributed by atoms with van der Waals surface area (Å²) in [5.41, 5.74) is 1.12. The second kappa shape index (κ2) is 6.95. The van der Waals surface area contributed by atoms with Gasteiger partial charge in [-0.25, -0.2) is 0 Å².